The van der Waals surface area contributed by atoms with Gasteiger partial charge in [-0.05, 0) is 25.5 Å². The molecule has 1 N–H and O–H groups in total. The molecule has 1 unspecified atom stereocenters. The zero-order valence-corrected chi connectivity index (χ0v) is 9.36. The number of nitrogens with zero attached hydrogens (tertiary/aromatic N) is 2. The number of halogens is 2. The molecule has 1 atom stereocenters. The third-order valence-corrected chi connectivity index (χ3v) is 2.74. The van der Waals surface area contributed by atoms with Crippen molar-refractivity contribution in [1.82, 2.24) is 9.88 Å². The zero-order chi connectivity index (χ0) is 12.4. The van der Waals surface area contributed by atoms with Crippen LogP contribution in [0.2, 0.25) is 0 Å². The summed E-state index contributed by atoms with van der Waals surface area (Å²) in [4.78, 5) is 16.9. The average Bonchev–Trinajstić information content (AvgIpc) is 2.13. The SMILES string of the molecule is Cc1cccc(NC(=O)N2CCC2C(F)F)n1. The van der Waals surface area contributed by atoms with E-state index in [1.165, 1.54) is 0 Å². The highest BCUT2D eigenvalue weighted by Crippen LogP contribution is 2.24. The van der Waals surface area contributed by atoms with Gasteiger partial charge in [-0.3, -0.25) is 5.32 Å². The molecule has 0 bridgehead atoms. The number of anilines is 1. The van der Waals surface area contributed by atoms with Crippen LogP contribution in [0.4, 0.5) is 19.4 Å². The van der Waals surface area contributed by atoms with Crippen molar-refractivity contribution in [1.29, 1.82) is 0 Å². The molecule has 1 saturated heterocycles. The normalized spacial score (nSPS) is 19.1. The van der Waals surface area contributed by atoms with Crippen LogP contribution in [0.25, 0.3) is 0 Å². The smallest absolute Gasteiger partial charge is 0.316 e. The molecular weight excluding hydrogens is 228 g/mol. The second-order valence-corrected chi connectivity index (χ2v) is 3.98. The summed E-state index contributed by atoms with van der Waals surface area (Å²) in [6.45, 7) is 2.16. The molecular formula is C11H13F2N3O. The van der Waals surface area contributed by atoms with E-state index in [-0.39, 0.29) is 0 Å². The van der Waals surface area contributed by atoms with Crippen LogP contribution in [0, 0.1) is 6.92 Å². The van der Waals surface area contributed by atoms with Crippen molar-refractivity contribution in [3.05, 3.63) is 23.9 Å². The number of urea groups is 1. The summed E-state index contributed by atoms with van der Waals surface area (Å²) in [5, 5.41) is 2.51. The van der Waals surface area contributed by atoms with Gasteiger partial charge in [0.2, 0.25) is 0 Å². The third-order valence-electron chi connectivity index (χ3n) is 2.74. The van der Waals surface area contributed by atoms with E-state index in [0.717, 1.165) is 10.6 Å². The molecule has 2 rings (SSSR count). The van der Waals surface area contributed by atoms with Gasteiger partial charge in [0.15, 0.2) is 0 Å². The van der Waals surface area contributed by atoms with Crippen molar-refractivity contribution in [2.75, 3.05) is 11.9 Å². The Morgan fingerprint density at radius 2 is 2.35 bits per heavy atom. The van der Waals surface area contributed by atoms with E-state index < -0.39 is 18.5 Å². The highest BCUT2D eigenvalue weighted by atomic mass is 19.3. The molecule has 17 heavy (non-hydrogen) atoms. The van der Waals surface area contributed by atoms with E-state index in [4.69, 9.17) is 0 Å². The van der Waals surface area contributed by atoms with Gasteiger partial charge in [-0.25, -0.2) is 18.6 Å². The maximum atomic E-state index is 12.5. The number of aromatic nitrogens is 1. The second-order valence-electron chi connectivity index (χ2n) is 3.98. The molecule has 1 aliphatic heterocycles. The number of aryl methyl sites for hydroxylation is 1. The first-order valence-corrected chi connectivity index (χ1v) is 5.37. The molecule has 2 amide bonds. The fourth-order valence-corrected chi connectivity index (χ4v) is 1.72. The Morgan fingerprint density at radius 3 is 2.88 bits per heavy atom. The van der Waals surface area contributed by atoms with E-state index in [9.17, 15) is 13.6 Å². The number of rotatable bonds is 2. The van der Waals surface area contributed by atoms with E-state index in [1.54, 1.807) is 25.1 Å². The Hall–Kier alpha value is -1.72. The molecule has 0 saturated carbocycles. The van der Waals surface area contributed by atoms with Crippen LogP contribution < -0.4 is 5.32 Å². The standard InChI is InChI=1S/C11H13F2N3O/c1-7-3-2-4-9(14-7)15-11(17)16-6-5-8(16)10(12)13/h2-4,8,10H,5-6H2,1H3,(H,14,15,17). The van der Waals surface area contributed by atoms with Crippen LogP contribution in [-0.4, -0.2) is 34.9 Å². The number of nitrogens with one attached hydrogen (secondary N) is 1. The van der Waals surface area contributed by atoms with Crippen molar-refractivity contribution in [3.8, 4) is 0 Å². The quantitative estimate of drug-likeness (QED) is 0.863. The Labute approximate surface area is 97.6 Å². The van der Waals surface area contributed by atoms with Gasteiger partial charge >= 0.3 is 6.03 Å². The van der Waals surface area contributed by atoms with Crippen LogP contribution in [0.5, 0.6) is 0 Å². The van der Waals surface area contributed by atoms with Crippen molar-refractivity contribution < 1.29 is 13.6 Å². The van der Waals surface area contributed by atoms with E-state index in [1.807, 2.05) is 0 Å². The molecule has 0 spiro atoms. The molecule has 0 radical (unpaired) electrons. The fraction of sp³-hybridized carbons (Fsp3) is 0.455. The number of hydrogen-bond acceptors (Lipinski definition) is 2. The molecule has 6 heteroatoms. The monoisotopic (exact) mass is 241 g/mol. The molecule has 1 aromatic rings. The first-order chi connectivity index (χ1) is 8.08. The minimum Gasteiger partial charge on any atom is -0.316 e. The maximum absolute atomic E-state index is 12.5. The van der Waals surface area contributed by atoms with Gasteiger partial charge in [0.25, 0.3) is 6.43 Å². The number of likely N-dealkylation sites (tertiary alicyclic amines) is 1. The predicted octanol–water partition coefficient (Wildman–Crippen LogP) is 2.26. The number of carbonyl (C=O) groups is 1. The van der Waals surface area contributed by atoms with Gasteiger partial charge in [0.05, 0.1) is 6.04 Å². The first kappa shape index (κ1) is 11.8. The Kier molecular flexibility index (Phi) is 3.21. The molecule has 1 aromatic heterocycles. The van der Waals surface area contributed by atoms with Crippen LogP contribution in [0.3, 0.4) is 0 Å². The van der Waals surface area contributed by atoms with Crippen LogP contribution in [-0.2, 0) is 0 Å². The number of pyridine rings is 1. The summed E-state index contributed by atoms with van der Waals surface area (Å²) >= 11 is 0. The maximum Gasteiger partial charge on any atom is 0.323 e. The third kappa shape index (κ3) is 2.51. The number of alkyl halides is 2. The zero-order valence-electron chi connectivity index (χ0n) is 9.36. The van der Waals surface area contributed by atoms with Crippen LogP contribution in [0.1, 0.15) is 12.1 Å². The molecule has 0 aliphatic carbocycles. The summed E-state index contributed by atoms with van der Waals surface area (Å²) in [6.07, 6.45) is -2.13. The van der Waals surface area contributed by atoms with Crippen molar-refractivity contribution in [2.24, 2.45) is 0 Å². The average molecular weight is 241 g/mol. The van der Waals surface area contributed by atoms with Crippen molar-refractivity contribution in [2.45, 2.75) is 25.8 Å². The highest BCUT2D eigenvalue weighted by Gasteiger charge is 2.38. The Morgan fingerprint density at radius 1 is 1.59 bits per heavy atom. The fourth-order valence-electron chi connectivity index (χ4n) is 1.72. The van der Waals surface area contributed by atoms with Gasteiger partial charge in [-0.2, -0.15) is 0 Å². The summed E-state index contributed by atoms with van der Waals surface area (Å²) in [7, 11) is 0. The van der Waals surface area contributed by atoms with Crippen molar-refractivity contribution in [3.63, 3.8) is 0 Å². The largest absolute Gasteiger partial charge is 0.323 e. The Balaban J connectivity index is 1.98. The molecule has 92 valence electrons. The van der Waals surface area contributed by atoms with E-state index in [2.05, 4.69) is 10.3 Å². The summed E-state index contributed by atoms with van der Waals surface area (Å²) < 4.78 is 24.9. The van der Waals surface area contributed by atoms with Crippen LogP contribution >= 0.6 is 0 Å². The van der Waals surface area contributed by atoms with Crippen molar-refractivity contribution >= 4 is 11.8 Å². The summed E-state index contributed by atoms with van der Waals surface area (Å²) in [6, 6.07) is 3.70. The lowest BCUT2D eigenvalue weighted by atomic mass is 10.1. The topological polar surface area (TPSA) is 45.2 Å². The molecule has 4 nitrogen and oxygen atoms in total. The highest BCUT2D eigenvalue weighted by molar-refractivity contribution is 5.89. The molecule has 0 aromatic carbocycles. The van der Waals surface area contributed by atoms with Gasteiger partial charge in [-0.1, -0.05) is 6.07 Å². The predicted molar refractivity (Wildman–Crippen MR) is 59.1 cm³/mol. The van der Waals surface area contributed by atoms with Gasteiger partial charge in [-0.15, -0.1) is 0 Å². The lowest BCUT2D eigenvalue weighted by Crippen LogP contribution is -2.56. The molecule has 1 fully saturated rings. The van der Waals surface area contributed by atoms with Crippen LogP contribution in [0.15, 0.2) is 18.2 Å². The minimum atomic E-state index is -2.49. The van der Waals surface area contributed by atoms with Gasteiger partial charge in [0, 0.05) is 12.2 Å². The molecule has 1 aliphatic rings. The van der Waals surface area contributed by atoms with Gasteiger partial charge in [0.1, 0.15) is 5.82 Å². The lowest BCUT2D eigenvalue weighted by molar-refractivity contribution is -0.00570. The molecule has 2 heterocycles. The van der Waals surface area contributed by atoms with Gasteiger partial charge < -0.3 is 4.90 Å². The van der Waals surface area contributed by atoms with E-state index >= 15 is 0 Å². The second kappa shape index (κ2) is 4.65. The Bertz CT molecular complexity index is 425. The summed E-state index contributed by atoms with van der Waals surface area (Å²) in [5.74, 6) is 0.384. The number of amides is 2. The minimum absolute atomic E-state index is 0.354. The summed E-state index contributed by atoms with van der Waals surface area (Å²) in [5.41, 5.74) is 0.761. The number of hydrogen-bond donors (Lipinski definition) is 1. The number of carbonyl (C=O) groups excluding carboxylic acids is 1. The first-order valence-electron chi connectivity index (χ1n) is 5.37. The van der Waals surface area contributed by atoms with E-state index in [0.29, 0.717) is 18.8 Å². The lowest BCUT2D eigenvalue weighted by Gasteiger charge is -2.39.